The molecule has 0 saturated carbocycles. The second kappa shape index (κ2) is 8.87. The molecule has 0 unspecified atom stereocenters. The Kier molecular flexibility index (Phi) is 6.13. The molecule has 1 heterocycles. The lowest BCUT2D eigenvalue weighted by molar-refractivity contribution is -0.388. The fourth-order valence-electron chi connectivity index (χ4n) is 3.14. The number of nitrogens with zero attached hydrogens (tertiary/aromatic N) is 4. The average Bonchev–Trinajstić information content (AvgIpc) is 3.17. The van der Waals surface area contributed by atoms with Gasteiger partial charge in [0.25, 0.3) is 5.69 Å². The highest BCUT2D eigenvalue weighted by Crippen LogP contribution is 2.40. The fraction of sp³-hybridized carbons (Fsp3) is 0.0909. The van der Waals surface area contributed by atoms with Gasteiger partial charge in [-0.15, -0.1) is 10.2 Å². The van der Waals surface area contributed by atoms with Crippen molar-refractivity contribution in [3.05, 3.63) is 93.0 Å². The molecule has 6 nitrogen and oxygen atoms in total. The van der Waals surface area contributed by atoms with Crippen LogP contribution in [0.4, 0.5) is 18.9 Å². The van der Waals surface area contributed by atoms with Gasteiger partial charge in [-0.1, -0.05) is 23.7 Å². The molecule has 0 fully saturated rings. The molecule has 33 heavy (non-hydrogen) atoms. The number of aromatic nitrogens is 3. The zero-order chi connectivity index (χ0) is 23.8. The third-order valence-corrected chi connectivity index (χ3v) is 5.94. The van der Waals surface area contributed by atoms with Crippen LogP contribution in [0.3, 0.4) is 0 Å². The van der Waals surface area contributed by atoms with Crippen molar-refractivity contribution in [1.82, 2.24) is 14.8 Å². The minimum absolute atomic E-state index is 0.0111. The minimum Gasteiger partial charge on any atom is -0.270 e. The molecule has 4 rings (SSSR count). The van der Waals surface area contributed by atoms with E-state index in [9.17, 15) is 23.3 Å². The number of alkyl halides is 3. The Balaban J connectivity index is 1.85. The Morgan fingerprint density at radius 2 is 1.76 bits per heavy atom. The Morgan fingerprint density at radius 1 is 1.03 bits per heavy atom. The SMILES string of the molecule is Cc1cccc(-n2c(Sc3ccc(C(F)(F)F)cc3[N+](=O)[O-])nnc2-c2ccc(Cl)cc2)c1. The highest BCUT2D eigenvalue weighted by atomic mass is 35.5. The van der Waals surface area contributed by atoms with Crippen molar-refractivity contribution < 1.29 is 18.1 Å². The molecule has 168 valence electrons. The van der Waals surface area contributed by atoms with Crippen molar-refractivity contribution in [2.75, 3.05) is 0 Å². The van der Waals surface area contributed by atoms with E-state index in [1.165, 1.54) is 0 Å². The van der Waals surface area contributed by atoms with E-state index in [2.05, 4.69) is 10.2 Å². The highest BCUT2D eigenvalue weighted by Gasteiger charge is 2.33. The largest absolute Gasteiger partial charge is 0.416 e. The Morgan fingerprint density at radius 3 is 2.39 bits per heavy atom. The molecule has 0 amide bonds. The lowest BCUT2D eigenvalue weighted by atomic mass is 10.2. The van der Waals surface area contributed by atoms with Gasteiger partial charge in [-0.2, -0.15) is 13.2 Å². The van der Waals surface area contributed by atoms with E-state index in [1.54, 1.807) is 28.8 Å². The van der Waals surface area contributed by atoms with Crippen molar-refractivity contribution in [1.29, 1.82) is 0 Å². The van der Waals surface area contributed by atoms with Crippen molar-refractivity contribution in [2.24, 2.45) is 0 Å². The minimum atomic E-state index is -4.70. The zero-order valence-corrected chi connectivity index (χ0v) is 18.4. The third kappa shape index (κ3) is 4.86. The summed E-state index contributed by atoms with van der Waals surface area (Å²) in [5, 5.41) is 20.7. The Bertz CT molecular complexity index is 1340. The smallest absolute Gasteiger partial charge is 0.270 e. The highest BCUT2D eigenvalue weighted by molar-refractivity contribution is 7.99. The Hall–Kier alpha value is -3.37. The molecule has 0 bridgehead atoms. The number of benzene rings is 3. The number of nitro benzene ring substituents is 1. The van der Waals surface area contributed by atoms with Crippen LogP contribution in [0.25, 0.3) is 17.1 Å². The molecule has 0 aliphatic rings. The van der Waals surface area contributed by atoms with E-state index in [1.807, 2.05) is 31.2 Å². The fourth-order valence-corrected chi connectivity index (χ4v) is 4.20. The second-order valence-electron chi connectivity index (χ2n) is 7.03. The zero-order valence-electron chi connectivity index (χ0n) is 16.9. The van der Waals surface area contributed by atoms with Crippen LogP contribution in [0.1, 0.15) is 11.1 Å². The average molecular weight is 491 g/mol. The molecular weight excluding hydrogens is 477 g/mol. The number of hydrogen-bond acceptors (Lipinski definition) is 5. The number of halogens is 4. The summed E-state index contributed by atoms with van der Waals surface area (Å²) >= 11 is 6.85. The van der Waals surface area contributed by atoms with Gasteiger partial charge in [-0.05, 0) is 72.8 Å². The van der Waals surface area contributed by atoms with Gasteiger partial charge < -0.3 is 0 Å². The maximum Gasteiger partial charge on any atom is 0.416 e. The van der Waals surface area contributed by atoms with Crippen LogP contribution >= 0.6 is 23.4 Å². The molecule has 0 aliphatic heterocycles. The number of nitro groups is 1. The van der Waals surface area contributed by atoms with E-state index >= 15 is 0 Å². The Labute approximate surface area is 195 Å². The molecule has 3 aromatic carbocycles. The van der Waals surface area contributed by atoms with Gasteiger partial charge in [-0.3, -0.25) is 14.7 Å². The quantitative estimate of drug-likeness (QED) is 0.223. The molecule has 0 radical (unpaired) electrons. The van der Waals surface area contributed by atoms with Crippen LogP contribution in [-0.2, 0) is 6.18 Å². The van der Waals surface area contributed by atoms with Crippen LogP contribution in [-0.4, -0.2) is 19.7 Å². The van der Waals surface area contributed by atoms with E-state index in [0.29, 0.717) is 28.2 Å². The van der Waals surface area contributed by atoms with Gasteiger partial charge in [0.15, 0.2) is 5.82 Å². The molecule has 0 atom stereocenters. The van der Waals surface area contributed by atoms with Gasteiger partial charge in [0.1, 0.15) is 0 Å². The first-order valence-electron chi connectivity index (χ1n) is 9.45. The number of rotatable bonds is 5. The predicted molar refractivity (Wildman–Crippen MR) is 119 cm³/mol. The van der Waals surface area contributed by atoms with E-state index in [4.69, 9.17) is 11.6 Å². The summed E-state index contributed by atoms with van der Waals surface area (Å²) in [5.74, 6) is 0.453. The van der Waals surface area contributed by atoms with Crippen LogP contribution < -0.4 is 0 Å². The van der Waals surface area contributed by atoms with Crippen LogP contribution in [0.2, 0.25) is 5.02 Å². The number of hydrogen-bond donors (Lipinski definition) is 0. The molecule has 11 heteroatoms. The molecule has 0 spiro atoms. The lowest BCUT2D eigenvalue weighted by Crippen LogP contribution is -2.06. The molecule has 4 aromatic rings. The van der Waals surface area contributed by atoms with Crippen LogP contribution in [0, 0.1) is 17.0 Å². The summed E-state index contributed by atoms with van der Waals surface area (Å²) in [6, 6.07) is 16.8. The van der Waals surface area contributed by atoms with Gasteiger partial charge in [0.2, 0.25) is 5.16 Å². The van der Waals surface area contributed by atoms with Crippen LogP contribution in [0.15, 0.2) is 76.8 Å². The third-order valence-electron chi connectivity index (χ3n) is 4.68. The maximum absolute atomic E-state index is 13.1. The van der Waals surface area contributed by atoms with Crippen molar-refractivity contribution in [2.45, 2.75) is 23.2 Å². The molecule has 1 aromatic heterocycles. The first-order chi connectivity index (χ1) is 15.6. The molecule has 0 aliphatic carbocycles. The summed E-state index contributed by atoms with van der Waals surface area (Å²) < 4.78 is 40.9. The molecule has 0 saturated heterocycles. The van der Waals surface area contributed by atoms with Gasteiger partial charge in [0.05, 0.1) is 21.1 Å². The number of aryl methyl sites for hydroxylation is 1. The summed E-state index contributed by atoms with van der Waals surface area (Å²) in [6.45, 7) is 1.91. The second-order valence-corrected chi connectivity index (χ2v) is 8.47. The lowest BCUT2D eigenvalue weighted by Gasteiger charge is -2.12. The normalized spacial score (nSPS) is 11.5. The summed E-state index contributed by atoms with van der Waals surface area (Å²) in [4.78, 5) is 10.7. The van der Waals surface area contributed by atoms with E-state index < -0.39 is 22.4 Å². The monoisotopic (exact) mass is 490 g/mol. The standard InChI is InChI=1S/C22H14ClF3N4O2S/c1-13-3-2-4-17(11-13)29-20(14-5-8-16(23)9-6-14)27-28-21(29)33-19-10-7-15(22(24,25)26)12-18(19)30(31)32/h2-12H,1H3. The topological polar surface area (TPSA) is 73.8 Å². The van der Waals surface area contributed by atoms with Gasteiger partial charge in [0, 0.05) is 16.7 Å². The first kappa shape index (κ1) is 22.8. The maximum atomic E-state index is 13.1. The summed E-state index contributed by atoms with van der Waals surface area (Å²) in [7, 11) is 0. The first-order valence-corrected chi connectivity index (χ1v) is 10.6. The summed E-state index contributed by atoms with van der Waals surface area (Å²) in [6.07, 6.45) is -4.70. The molecule has 0 N–H and O–H groups in total. The predicted octanol–water partition coefficient (Wildman–Crippen LogP) is 6.97. The van der Waals surface area contributed by atoms with Gasteiger partial charge >= 0.3 is 6.18 Å². The summed E-state index contributed by atoms with van der Waals surface area (Å²) in [5.41, 5.74) is 0.589. The van der Waals surface area contributed by atoms with E-state index in [0.717, 1.165) is 29.5 Å². The van der Waals surface area contributed by atoms with E-state index in [-0.39, 0.29) is 10.1 Å². The molecular formula is C22H14ClF3N4O2S. The van der Waals surface area contributed by atoms with Crippen LogP contribution in [0.5, 0.6) is 0 Å². The van der Waals surface area contributed by atoms with Crippen molar-refractivity contribution in [3.8, 4) is 17.1 Å². The van der Waals surface area contributed by atoms with Gasteiger partial charge in [-0.25, -0.2) is 0 Å². The van der Waals surface area contributed by atoms with Crippen molar-refractivity contribution in [3.63, 3.8) is 0 Å². The van der Waals surface area contributed by atoms with Crippen molar-refractivity contribution >= 4 is 29.1 Å².